The number of hydrogen-bond acceptors (Lipinski definition) is 1. The van der Waals surface area contributed by atoms with Gasteiger partial charge < -0.3 is 4.42 Å². The van der Waals surface area contributed by atoms with Crippen molar-refractivity contribution in [3.63, 3.8) is 0 Å². The lowest BCUT2D eigenvalue weighted by Gasteiger charge is -2.02. The van der Waals surface area contributed by atoms with Gasteiger partial charge in [0, 0.05) is 17.9 Å². The average Bonchev–Trinajstić information content (AvgIpc) is 2.66. The lowest BCUT2D eigenvalue weighted by atomic mass is 10.1. The second-order valence-corrected chi connectivity index (χ2v) is 4.73. The molecule has 1 nitrogen and oxygen atoms in total. The van der Waals surface area contributed by atoms with Gasteiger partial charge in [-0.15, -0.1) is 0 Å². The lowest BCUT2D eigenvalue weighted by Crippen LogP contribution is -1.88. The molecule has 0 saturated carbocycles. The summed E-state index contributed by atoms with van der Waals surface area (Å²) < 4.78 is 5.55. The fraction of sp³-hybridized carbons (Fsp3) is 0.200. The molecule has 0 aliphatic heterocycles. The van der Waals surface area contributed by atoms with Crippen molar-refractivity contribution in [1.82, 2.24) is 0 Å². The summed E-state index contributed by atoms with van der Waals surface area (Å²) in [5.41, 5.74) is 2.42. The highest BCUT2D eigenvalue weighted by molar-refractivity contribution is 6.29. The molecule has 17 heavy (non-hydrogen) atoms. The zero-order valence-electron chi connectivity index (χ0n) is 9.87. The van der Waals surface area contributed by atoms with E-state index in [0.29, 0.717) is 5.03 Å². The molecule has 0 unspecified atom stereocenters. The molecule has 0 N–H and O–H groups in total. The van der Waals surface area contributed by atoms with Gasteiger partial charge in [-0.05, 0) is 30.2 Å². The molecule has 0 radical (unpaired) electrons. The van der Waals surface area contributed by atoms with E-state index in [0.717, 1.165) is 24.4 Å². The third-order valence-electron chi connectivity index (χ3n) is 2.59. The van der Waals surface area contributed by atoms with Gasteiger partial charge in [-0.2, -0.15) is 0 Å². The topological polar surface area (TPSA) is 13.1 Å². The minimum Gasteiger partial charge on any atom is -0.466 e. The predicted molar refractivity (Wildman–Crippen MR) is 71.4 cm³/mol. The molecular formula is C15H15ClO. The van der Waals surface area contributed by atoms with E-state index in [4.69, 9.17) is 16.0 Å². The standard InChI is InChI=1S/C15H15ClO/c1-11(16)9-13-4-6-14(7-5-13)10-15-8-3-12(2)17-15/h3-8H,1,9-10H2,2H3. The van der Waals surface area contributed by atoms with Crippen LogP contribution in [-0.2, 0) is 12.8 Å². The Morgan fingerprint density at radius 3 is 2.29 bits per heavy atom. The van der Waals surface area contributed by atoms with Crippen LogP contribution in [0.25, 0.3) is 0 Å². The normalized spacial score (nSPS) is 10.5. The van der Waals surface area contributed by atoms with Crippen LogP contribution in [0.15, 0.2) is 52.4 Å². The SMILES string of the molecule is C=C(Cl)Cc1ccc(Cc2ccc(C)o2)cc1. The molecular weight excluding hydrogens is 232 g/mol. The van der Waals surface area contributed by atoms with Gasteiger partial charge in [0.1, 0.15) is 11.5 Å². The Labute approximate surface area is 107 Å². The van der Waals surface area contributed by atoms with E-state index in [1.165, 1.54) is 11.1 Å². The number of allylic oxidation sites excluding steroid dienone is 1. The van der Waals surface area contributed by atoms with Gasteiger partial charge in [-0.3, -0.25) is 0 Å². The molecule has 1 aromatic carbocycles. The van der Waals surface area contributed by atoms with Gasteiger partial charge in [-0.25, -0.2) is 0 Å². The maximum absolute atomic E-state index is 5.78. The molecule has 1 heterocycles. The van der Waals surface area contributed by atoms with Crippen molar-refractivity contribution in [2.24, 2.45) is 0 Å². The minimum atomic E-state index is 0.666. The van der Waals surface area contributed by atoms with E-state index < -0.39 is 0 Å². The summed E-state index contributed by atoms with van der Waals surface area (Å²) >= 11 is 5.78. The second-order valence-electron chi connectivity index (χ2n) is 4.20. The smallest absolute Gasteiger partial charge is 0.108 e. The molecule has 0 atom stereocenters. The molecule has 88 valence electrons. The Morgan fingerprint density at radius 2 is 1.76 bits per heavy atom. The second kappa shape index (κ2) is 5.24. The van der Waals surface area contributed by atoms with E-state index in [-0.39, 0.29) is 0 Å². The molecule has 0 spiro atoms. The van der Waals surface area contributed by atoms with Gasteiger partial charge in [0.05, 0.1) is 0 Å². The fourth-order valence-corrected chi connectivity index (χ4v) is 1.93. The first-order valence-electron chi connectivity index (χ1n) is 5.60. The fourth-order valence-electron chi connectivity index (χ4n) is 1.78. The zero-order chi connectivity index (χ0) is 12.3. The van der Waals surface area contributed by atoms with E-state index in [2.05, 4.69) is 30.8 Å². The van der Waals surface area contributed by atoms with Gasteiger partial charge in [0.25, 0.3) is 0 Å². The van der Waals surface area contributed by atoms with Gasteiger partial charge in [0.2, 0.25) is 0 Å². The van der Waals surface area contributed by atoms with Crippen LogP contribution in [0.1, 0.15) is 22.6 Å². The number of furan rings is 1. The summed E-state index contributed by atoms with van der Waals surface area (Å²) in [5, 5.41) is 0.666. The van der Waals surface area contributed by atoms with Crippen LogP contribution in [0.4, 0.5) is 0 Å². The average molecular weight is 247 g/mol. The van der Waals surface area contributed by atoms with Gasteiger partial charge in [0.15, 0.2) is 0 Å². The third kappa shape index (κ3) is 3.50. The summed E-state index contributed by atoms with van der Waals surface area (Å²) in [6, 6.07) is 12.4. The summed E-state index contributed by atoms with van der Waals surface area (Å²) in [7, 11) is 0. The van der Waals surface area contributed by atoms with E-state index in [9.17, 15) is 0 Å². The first kappa shape index (κ1) is 12.0. The first-order valence-corrected chi connectivity index (χ1v) is 5.98. The van der Waals surface area contributed by atoms with Crippen molar-refractivity contribution in [1.29, 1.82) is 0 Å². The third-order valence-corrected chi connectivity index (χ3v) is 2.73. The Balaban J connectivity index is 2.05. The quantitative estimate of drug-likeness (QED) is 0.776. The Hall–Kier alpha value is -1.47. The van der Waals surface area contributed by atoms with E-state index in [1.54, 1.807) is 0 Å². The maximum atomic E-state index is 5.78. The molecule has 2 heteroatoms. The summed E-state index contributed by atoms with van der Waals surface area (Å²) in [6.07, 6.45) is 1.55. The Kier molecular flexibility index (Phi) is 3.70. The van der Waals surface area contributed by atoms with Crippen molar-refractivity contribution in [2.45, 2.75) is 19.8 Å². The lowest BCUT2D eigenvalue weighted by molar-refractivity contribution is 0.493. The van der Waals surface area contributed by atoms with Crippen molar-refractivity contribution in [2.75, 3.05) is 0 Å². The molecule has 0 saturated heterocycles. The number of hydrogen-bond donors (Lipinski definition) is 0. The predicted octanol–water partition coefficient (Wildman–Crippen LogP) is 4.47. The van der Waals surface area contributed by atoms with Crippen molar-refractivity contribution < 1.29 is 4.42 Å². The molecule has 0 fully saturated rings. The highest BCUT2D eigenvalue weighted by Gasteiger charge is 2.01. The van der Waals surface area contributed by atoms with Crippen LogP contribution in [0.3, 0.4) is 0 Å². The number of halogens is 1. The van der Waals surface area contributed by atoms with Crippen molar-refractivity contribution >= 4 is 11.6 Å². The zero-order valence-corrected chi connectivity index (χ0v) is 10.6. The molecule has 2 aromatic rings. The van der Waals surface area contributed by atoms with E-state index >= 15 is 0 Å². The summed E-state index contributed by atoms with van der Waals surface area (Å²) in [4.78, 5) is 0. The minimum absolute atomic E-state index is 0.666. The summed E-state index contributed by atoms with van der Waals surface area (Å²) in [5.74, 6) is 1.95. The van der Waals surface area contributed by atoms with Gasteiger partial charge in [-0.1, -0.05) is 42.4 Å². The van der Waals surface area contributed by atoms with Crippen LogP contribution in [0, 0.1) is 6.92 Å². The van der Waals surface area contributed by atoms with Crippen LogP contribution < -0.4 is 0 Å². The Bertz CT molecular complexity index is 508. The number of rotatable bonds is 4. The number of benzene rings is 1. The molecule has 2 rings (SSSR count). The van der Waals surface area contributed by atoms with Gasteiger partial charge >= 0.3 is 0 Å². The molecule has 0 amide bonds. The molecule has 0 bridgehead atoms. The highest BCUT2D eigenvalue weighted by atomic mass is 35.5. The van der Waals surface area contributed by atoms with Crippen LogP contribution in [0.2, 0.25) is 0 Å². The van der Waals surface area contributed by atoms with Crippen LogP contribution in [-0.4, -0.2) is 0 Å². The van der Waals surface area contributed by atoms with Crippen LogP contribution in [0.5, 0.6) is 0 Å². The van der Waals surface area contributed by atoms with Crippen molar-refractivity contribution in [3.05, 3.63) is 70.7 Å². The first-order chi connectivity index (χ1) is 8.13. The summed E-state index contributed by atoms with van der Waals surface area (Å²) in [6.45, 7) is 5.65. The molecule has 1 aromatic heterocycles. The largest absolute Gasteiger partial charge is 0.466 e. The highest BCUT2D eigenvalue weighted by Crippen LogP contribution is 2.15. The van der Waals surface area contributed by atoms with E-state index in [1.807, 2.05) is 19.1 Å². The van der Waals surface area contributed by atoms with Crippen molar-refractivity contribution in [3.8, 4) is 0 Å². The molecule has 0 aliphatic carbocycles. The maximum Gasteiger partial charge on any atom is 0.108 e. The Morgan fingerprint density at radius 1 is 1.12 bits per heavy atom. The molecule has 0 aliphatic rings. The van der Waals surface area contributed by atoms with Crippen LogP contribution >= 0.6 is 11.6 Å². The monoisotopic (exact) mass is 246 g/mol. The number of aryl methyl sites for hydroxylation is 1.